The molecule has 1 saturated heterocycles. The molecule has 0 saturated carbocycles. The normalized spacial score (nSPS) is 19.9. The number of aromatic nitrogens is 1. The quantitative estimate of drug-likeness (QED) is 0.941. The molecule has 20 heavy (non-hydrogen) atoms. The summed E-state index contributed by atoms with van der Waals surface area (Å²) in [7, 11) is 0. The van der Waals surface area contributed by atoms with Gasteiger partial charge in [0, 0.05) is 13.1 Å². The average Bonchev–Trinajstić information content (AvgIpc) is 3.12. The molecular formula is C15H21N3OS. The monoisotopic (exact) mass is 291 g/mol. The highest BCUT2D eigenvalue weighted by Gasteiger charge is 2.23. The van der Waals surface area contributed by atoms with Crippen molar-refractivity contribution in [2.75, 3.05) is 19.6 Å². The first-order valence-corrected chi connectivity index (χ1v) is 7.98. The van der Waals surface area contributed by atoms with Crippen LogP contribution in [-0.2, 0) is 6.54 Å². The van der Waals surface area contributed by atoms with Crippen molar-refractivity contribution in [1.82, 2.24) is 9.88 Å². The Kier molecular flexibility index (Phi) is 3.92. The van der Waals surface area contributed by atoms with E-state index in [-0.39, 0.29) is 0 Å². The van der Waals surface area contributed by atoms with Crippen molar-refractivity contribution in [3.05, 3.63) is 28.5 Å². The topological polar surface area (TPSA) is 55.3 Å². The summed E-state index contributed by atoms with van der Waals surface area (Å²) in [6.07, 6.45) is 1.20. The van der Waals surface area contributed by atoms with E-state index in [1.165, 1.54) is 12.0 Å². The highest BCUT2D eigenvalue weighted by atomic mass is 32.1. The summed E-state index contributed by atoms with van der Waals surface area (Å²) in [6, 6.07) is 2.10. The number of aryl methyl sites for hydroxylation is 2. The van der Waals surface area contributed by atoms with Crippen LogP contribution >= 0.6 is 11.3 Å². The Morgan fingerprint density at radius 1 is 1.50 bits per heavy atom. The Bertz CT molecular complexity index is 590. The third-order valence-electron chi connectivity index (χ3n) is 4.03. The van der Waals surface area contributed by atoms with Gasteiger partial charge in [-0.3, -0.25) is 4.90 Å². The molecule has 3 heterocycles. The van der Waals surface area contributed by atoms with Gasteiger partial charge in [-0.05, 0) is 56.3 Å². The summed E-state index contributed by atoms with van der Waals surface area (Å²) in [5.41, 5.74) is 8.03. The van der Waals surface area contributed by atoms with Crippen molar-refractivity contribution < 1.29 is 4.42 Å². The summed E-state index contributed by atoms with van der Waals surface area (Å²) in [6.45, 7) is 7.95. The molecule has 0 radical (unpaired) electrons. The van der Waals surface area contributed by atoms with Gasteiger partial charge in [0.05, 0.1) is 10.6 Å². The molecule has 0 spiro atoms. The van der Waals surface area contributed by atoms with Crippen LogP contribution in [0.1, 0.15) is 23.4 Å². The summed E-state index contributed by atoms with van der Waals surface area (Å²) in [5, 5.41) is 2.08. The minimum atomic E-state index is 0.640. The largest absolute Gasteiger partial charge is 0.440 e. The van der Waals surface area contributed by atoms with Crippen molar-refractivity contribution in [2.45, 2.75) is 26.8 Å². The molecule has 1 atom stereocenters. The minimum absolute atomic E-state index is 0.640. The standard InChI is InChI=1S/C15H21N3OS/c1-10-4-6-20-14(10)15-17-13(11(2)19-15)9-18-5-3-12(7-16)8-18/h4,6,12H,3,5,7-9,16H2,1-2H3/t12-/m1/s1. The smallest absolute Gasteiger partial charge is 0.237 e. The lowest BCUT2D eigenvalue weighted by molar-refractivity contribution is 0.312. The van der Waals surface area contributed by atoms with E-state index >= 15 is 0 Å². The van der Waals surface area contributed by atoms with Gasteiger partial charge in [0.1, 0.15) is 5.76 Å². The number of nitrogens with zero attached hydrogens (tertiary/aromatic N) is 2. The third kappa shape index (κ3) is 2.66. The summed E-state index contributed by atoms with van der Waals surface area (Å²) in [5.74, 6) is 2.34. The SMILES string of the molecule is Cc1ccsc1-c1nc(CN2CC[C@H](CN)C2)c(C)o1. The number of hydrogen-bond donors (Lipinski definition) is 1. The van der Waals surface area contributed by atoms with Crippen molar-refractivity contribution in [2.24, 2.45) is 11.7 Å². The van der Waals surface area contributed by atoms with Crippen LogP contribution in [0.3, 0.4) is 0 Å². The maximum absolute atomic E-state index is 5.85. The van der Waals surface area contributed by atoms with Gasteiger partial charge in [-0.2, -0.15) is 0 Å². The highest BCUT2D eigenvalue weighted by Crippen LogP contribution is 2.30. The van der Waals surface area contributed by atoms with E-state index in [1.807, 2.05) is 6.92 Å². The minimum Gasteiger partial charge on any atom is -0.440 e. The van der Waals surface area contributed by atoms with Gasteiger partial charge < -0.3 is 10.2 Å². The first-order chi connectivity index (χ1) is 9.67. The Morgan fingerprint density at radius 2 is 2.35 bits per heavy atom. The molecule has 0 bridgehead atoms. The summed E-state index contributed by atoms with van der Waals surface area (Å²) in [4.78, 5) is 8.26. The van der Waals surface area contributed by atoms with Gasteiger partial charge >= 0.3 is 0 Å². The Morgan fingerprint density at radius 3 is 3.00 bits per heavy atom. The van der Waals surface area contributed by atoms with Crippen molar-refractivity contribution in [3.8, 4) is 10.8 Å². The Balaban J connectivity index is 1.75. The molecular weight excluding hydrogens is 270 g/mol. The molecule has 2 aromatic rings. The molecule has 3 rings (SSSR count). The highest BCUT2D eigenvalue weighted by molar-refractivity contribution is 7.13. The van der Waals surface area contributed by atoms with Crippen LogP contribution in [0, 0.1) is 19.8 Å². The second-order valence-electron chi connectivity index (χ2n) is 5.58. The fourth-order valence-corrected chi connectivity index (χ4v) is 3.57. The lowest BCUT2D eigenvalue weighted by Crippen LogP contribution is -2.23. The van der Waals surface area contributed by atoms with Crippen LogP contribution in [0.5, 0.6) is 0 Å². The van der Waals surface area contributed by atoms with Crippen LogP contribution < -0.4 is 5.73 Å². The first-order valence-electron chi connectivity index (χ1n) is 7.10. The van der Waals surface area contributed by atoms with Crippen LogP contribution in [0.2, 0.25) is 0 Å². The zero-order valence-corrected chi connectivity index (χ0v) is 12.9. The molecule has 1 aliphatic rings. The zero-order chi connectivity index (χ0) is 14.1. The van der Waals surface area contributed by atoms with Crippen molar-refractivity contribution in [1.29, 1.82) is 0 Å². The number of hydrogen-bond acceptors (Lipinski definition) is 5. The van der Waals surface area contributed by atoms with Crippen LogP contribution in [0.15, 0.2) is 15.9 Å². The van der Waals surface area contributed by atoms with Gasteiger partial charge in [-0.1, -0.05) is 0 Å². The molecule has 1 fully saturated rings. The third-order valence-corrected chi connectivity index (χ3v) is 5.03. The van der Waals surface area contributed by atoms with Crippen LogP contribution in [0.25, 0.3) is 10.8 Å². The fraction of sp³-hybridized carbons (Fsp3) is 0.533. The van der Waals surface area contributed by atoms with E-state index in [9.17, 15) is 0 Å². The van der Waals surface area contributed by atoms with E-state index in [2.05, 4.69) is 23.3 Å². The lowest BCUT2D eigenvalue weighted by Gasteiger charge is -2.13. The van der Waals surface area contributed by atoms with E-state index in [0.29, 0.717) is 5.92 Å². The summed E-state index contributed by atoms with van der Waals surface area (Å²) < 4.78 is 5.85. The van der Waals surface area contributed by atoms with Crippen LogP contribution in [-0.4, -0.2) is 29.5 Å². The Hall–Kier alpha value is -1.17. The van der Waals surface area contributed by atoms with E-state index < -0.39 is 0 Å². The molecule has 2 N–H and O–H groups in total. The van der Waals surface area contributed by atoms with Crippen molar-refractivity contribution in [3.63, 3.8) is 0 Å². The number of likely N-dealkylation sites (tertiary alicyclic amines) is 1. The molecule has 1 aliphatic heterocycles. The molecule has 0 aliphatic carbocycles. The predicted molar refractivity (Wildman–Crippen MR) is 81.7 cm³/mol. The molecule has 0 unspecified atom stereocenters. The molecule has 108 valence electrons. The molecule has 5 heteroatoms. The molecule has 0 aromatic carbocycles. The fourth-order valence-electron chi connectivity index (χ4n) is 2.72. The van der Waals surface area contributed by atoms with Gasteiger partial charge in [-0.25, -0.2) is 4.98 Å². The molecule has 2 aromatic heterocycles. The van der Waals surface area contributed by atoms with Gasteiger partial charge in [-0.15, -0.1) is 11.3 Å². The summed E-state index contributed by atoms with van der Waals surface area (Å²) >= 11 is 1.69. The lowest BCUT2D eigenvalue weighted by atomic mass is 10.1. The average molecular weight is 291 g/mol. The predicted octanol–water partition coefficient (Wildman–Crippen LogP) is 2.80. The maximum Gasteiger partial charge on any atom is 0.237 e. The van der Waals surface area contributed by atoms with Gasteiger partial charge in [0.2, 0.25) is 5.89 Å². The van der Waals surface area contributed by atoms with Gasteiger partial charge in [0.15, 0.2) is 0 Å². The second-order valence-corrected chi connectivity index (χ2v) is 6.50. The zero-order valence-electron chi connectivity index (χ0n) is 12.1. The first kappa shape index (κ1) is 13.8. The van der Waals surface area contributed by atoms with E-state index in [1.54, 1.807) is 11.3 Å². The van der Waals surface area contributed by atoms with Crippen molar-refractivity contribution >= 4 is 11.3 Å². The Labute approximate surface area is 123 Å². The number of thiophene rings is 1. The molecule has 4 nitrogen and oxygen atoms in total. The van der Waals surface area contributed by atoms with Gasteiger partial charge in [0.25, 0.3) is 0 Å². The maximum atomic E-state index is 5.85. The number of nitrogens with two attached hydrogens (primary N) is 1. The molecule has 0 amide bonds. The van der Waals surface area contributed by atoms with E-state index in [4.69, 9.17) is 15.1 Å². The second kappa shape index (κ2) is 5.68. The van der Waals surface area contributed by atoms with Crippen LogP contribution in [0.4, 0.5) is 0 Å². The number of rotatable bonds is 4. The number of oxazole rings is 1. The van der Waals surface area contributed by atoms with E-state index in [0.717, 1.165) is 48.4 Å².